The van der Waals surface area contributed by atoms with Crippen molar-refractivity contribution in [2.24, 2.45) is 0 Å². The Morgan fingerprint density at radius 2 is 2.45 bits per heavy atom. The molecule has 22 heavy (non-hydrogen) atoms. The lowest BCUT2D eigenvalue weighted by atomic mass is 10.1. The highest BCUT2D eigenvalue weighted by Crippen LogP contribution is 2.14. The van der Waals surface area contributed by atoms with Gasteiger partial charge in [-0.3, -0.25) is 4.79 Å². The Morgan fingerprint density at radius 3 is 3.18 bits per heavy atom. The third-order valence-corrected chi connectivity index (χ3v) is 4.11. The van der Waals surface area contributed by atoms with Crippen LogP contribution in [0.3, 0.4) is 0 Å². The fourth-order valence-electron chi connectivity index (χ4n) is 2.25. The lowest BCUT2D eigenvalue weighted by molar-refractivity contribution is -0.0737. The molecule has 7 nitrogen and oxygen atoms in total. The Morgan fingerprint density at radius 1 is 1.64 bits per heavy atom. The van der Waals surface area contributed by atoms with Gasteiger partial charge >= 0.3 is 0 Å². The number of carbonyl (C=O) groups is 1. The van der Waals surface area contributed by atoms with Crippen LogP contribution in [0.5, 0.6) is 0 Å². The molecule has 0 saturated carbocycles. The summed E-state index contributed by atoms with van der Waals surface area (Å²) >= 11 is 1.48. The molecule has 2 atom stereocenters. The summed E-state index contributed by atoms with van der Waals surface area (Å²) < 4.78 is 10.9. The second-order valence-corrected chi connectivity index (χ2v) is 6.38. The Labute approximate surface area is 134 Å². The maximum Gasteiger partial charge on any atom is 0.271 e. The first kappa shape index (κ1) is 17.3. The molecule has 0 aliphatic carbocycles. The third kappa shape index (κ3) is 4.99. The molecule has 1 fully saturated rings. The van der Waals surface area contributed by atoms with Crippen LogP contribution in [-0.4, -0.2) is 73.6 Å². The van der Waals surface area contributed by atoms with Crippen molar-refractivity contribution in [1.29, 1.82) is 0 Å². The summed E-state index contributed by atoms with van der Waals surface area (Å²) in [5, 5.41) is 14.5. The number of nitrogens with zero attached hydrogens (tertiary/aromatic N) is 2. The molecular weight excluding hydrogens is 306 g/mol. The van der Waals surface area contributed by atoms with Crippen LogP contribution in [0.2, 0.25) is 0 Å². The molecule has 1 saturated heterocycles. The van der Waals surface area contributed by atoms with Crippen LogP contribution < -0.4 is 5.32 Å². The summed E-state index contributed by atoms with van der Waals surface area (Å²) in [7, 11) is 3.93. The van der Waals surface area contributed by atoms with Crippen molar-refractivity contribution >= 4 is 17.2 Å². The highest BCUT2D eigenvalue weighted by Gasteiger charge is 2.28. The summed E-state index contributed by atoms with van der Waals surface area (Å²) in [5.41, 5.74) is 0.439. The molecule has 2 N–H and O–H groups in total. The van der Waals surface area contributed by atoms with Gasteiger partial charge in [-0.2, -0.15) is 0 Å². The van der Waals surface area contributed by atoms with Gasteiger partial charge < -0.3 is 24.8 Å². The van der Waals surface area contributed by atoms with Crippen LogP contribution >= 0.6 is 11.3 Å². The Kier molecular flexibility index (Phi) is 6.71. The maximum absolute atomic E-state index is 12.3. The molecule has 0 aromatic carbocycles. The van der Waals surface area contributed by atoms with E-state index >= 15 is 0 Å². The first-order valence-electron chi connectivity index (χ1n) is 7.30. The Bertz CT molecular complexity index is 480. The minimum absolute atomic E-state index is 0.0445. The predicted octanol–water partition coefficient (Wildman–Crippen LogP) is 0.101. The van der Waals surface area contributed by atoms with Gasteiger partial charge in [0.05, 0.1) is 25.9 Å². The molecule has 124 valence electrons. The van der Waals surface area contributed by atoms with E-state index in [4.69, 9.17) is 14.6 Å². The summed E-state index contributed by atoms with van der Waals surface area (Å²) in [6, 6.07) is -0.119. The molecule has 1 aromatic heterocycles. The number of aliphatic hydroxyl groups is 1. The fourth-order valence-corrected chi connectivity index (χ4v) is 3.14. The largest absolute Gasteiger partial charge is 0.394 e. The molecule has 0 radical (unpaired) electrons. The summed E-state index contributed by atoms with van der Waals surface area (Å²) in [4.78, 5) is 18.7. The van der Waals surface area contributed by atoms with Crippen molar-refractivity contribution < 1.29 is 19.4 Å². The van der Waals surface area contributed by atoms with Gasteiger partial charge in [-0.1, -0.05) is 0 Å². The summed E-state index contributed by atoms with van der Waals surface area (Å²) in [5.74, 6) is -0.189. The zero-order valence-corrected chi connectivity index (χ0v) is 13.8. The zero-order valence-electron chi connectivity index (χ0n) is 12.9. The van der Waals surface area contributed by atoms with Crippen molar-refractivity contribution in [3.05, 3.63) is 16.1 Å². The average Bonchev–Trinajstić information content (AvgIpc) is 2.94. The molecule has 2 rings (SSSR count). The number of thiazole rings is 1. The van der Waals surface area contributed by atoms with Crippen molar-refractivity contribution in [2.45, 2.75) is 25.1 Å². The topological polar surface area (TPSA) is 83.9 Å². The van der Waals surface area contributed by atoms with Crippen LogP contribution in [0.15, 0.2) is 5.38 Å². The van der Waals surface area contributed by atoms with E-state index < -0.39 is 0 Å². The zero-order chi connectivity index (χ0) is 15.9. The highest BCUT2D eigenvalue weighted by atomic mass is 32.1. The second kappa shape index (κ2) is 8.54. The van der Waals surface area contributed by atoms with Crippen molar-refractivity contribution in [1.82, 2.24) is 15.2 Å². The van der Waals surface area contributed by atoms with Gasteiger partial charge in [-0.05, 0) is 20.5 Å². The molecule has 0 bridgehead atoms. The molecule has 1 aromatic rings. The molecule has 8 heteroatoms. The number of aliphatic hydroxyl groups excluding tert-OH is 1. The van der Waals surface area contributed by atoms with E-state index in [0.717, 1.165) is 11.6 Å². The molecule has 0 unspecified atom stereocenters. The van der Waals surface area contributed by atoms with Crippen molar-refractivity contribution in [3.63, 3.8) is 0 Å². The van der Waals surface area contributed by atoms with Gasteiger partial charge in [-0.15, -0.1) is 11.3 Å². The van der Waals surface area contributed by atoms with Gasteiger partial charge in [0.15, 0.2) is 0 Å². The van der Waals surface area contributed by atoms with E-state index in [-0.39, 0.29) is 31.3 Å². The van der Waals surface area contributed by atoms with Crippen LogP contribution in [0.1, 0.15) is 21.9 Å². The number of carbonyl (C=O) groups excluding carboxylic acids is 1. The van der Waals surface area contributed by atoms with E-state index in [1.807, 2.05) is 19.0 Å². The predicted molar refractivity (Wildman–Crippen MR) is 83.0 cm³/mol. The number of amides is 1. The Balaban J connectivity index is 1.92. The summed E-state index contributed by atoms with van der Waals surface area (Å²) in [6.07, 6.45) is 0.459. The average molecular weight is 329 g/mol. The summed E-state index contributed by atoms with van der Waals surface area (Å²) in [6.45, 7) is 1.93. The lowest BCUT2D eigenvalue weighted by Crippen LogP contribution is -2.50. The fraction of sp³-hybridized carbons (Fsp3) is 0.714. The van der Waals surface area contributed by atoms with Gasteiger partial charge in [0.1, 0.15) is 16.8 Å². The maximum atomic E-state index is 12.3. The van der Waals surface area contributed by atoms with Gasteiger partial charge in [-0.25, -0.2) is 4.98 Å². The minimum Gasteiger partial charge on any atom is -0.394 e. The van der Waals surface area contributed by atoms with Gasteiger partial charge in [0, 0.05) is 18.5 Å². The number of hydrogen-bond acceptors (Lipinski definition) is 7. The second-order valence-electron chi connectivity index (χ2n) is 5.44. The number of ether oxygens (including phenoxy) is 2. The monoisotopic (exact) mass is 329 g/mol. The first-order valence-corrected chi connectivity index (χ1v) is 8.18. The lowest BCUT2D eigenvalue weighted by Gasteiger charge is -2.31. The normalized spacial score (nSPS) is 22.0. The van der Waals surface area contributed by atoms with E-state index in [9.17, 15) is 4.79 Å². The quantitative estimate of drug-likeness (QED) is 0.738. The standard InChI is InChI=1S/C14H23N3O4S/c1-17(2)7-13-15-11(9-22-13)14(19)16-10-3-5-20-8-12(10)21-6-4-18/h9-10,12,18H,3-8H2,1-2H3,(H,16,19)/t10-,12-/m1/s1. The van der Waals surface area contributed by atoms with Crippen LogP contribution in [0, 0.1) is 0 Å². The van der Waals surface area contributed by atoms with Crippen LogP contribution in [0.4, 0.5) is 0 Å². The molecular formula is C14H23N3O4S. The highest BCUT2D eigenvalue weighted by molar-refractivity contribution is 7.09. The molecule has 1 aliphatic rings. The first-order chi connectivity index (χ1) is 10.6. The molecule has 1 aliphatic heterocycles. The van der Waals surface area contributed by atoms with E-state index in [1.165, 1.54) is 11.3 Å². The molecule has 2 heterocycles. The number of hydrogen-bond donors (Lipinski definition) is 2. The number of nitrogens with one attached hydrogen (secondary N) is 1. The van der Waals surface area contributed by atoms with Crippen molar-refractivity contribution in [2.75, 3.05) is 40.5 Å². The van der Waals surface area contributed by atoms with E-state index in [2.05, 4.69) is 10.3 Å². The van der Waals surface area contributed by atoms with E-state index in [0.29, 0.717) is 25.3 Å². The smallest absolute Gasteiger partial charge is 0.271 e. The molecule has 0 spiro atoms. The van der Waals surface area contributed by atoms with Crippen LogP contribution in [-0.2, 0) is 16.0 Å². The van der Waals surface area contributed by atoms with Gasteiger partial charge in [0.2, 0.25) is 0 Å². The van der Waals surface area contributed by atoms with Gasteiger partial charge in [0.25, 0.3) is 5.91 Å². The number of aromatic nitrogens is 1. The third-order valence-electron chi connectivity index (χ3n) is 3.28. The SMILES string of the molecule is CN(C)Cc1nc(C(=O)N[C@@H]2CCOC[C@H]2OCCO)cs1. The molecule has 1 amide bonds. The number of rotatable bonds is 7. The minimum atomic E-state index is -0.232. The van der Waals surface area contributed by atoms with Crippen LogP contribution in [0.25, 0.3) is 0 Å². The van der Waals surface area contributed by atoms with Crippen molar-refractivity contribution in [3.8, 4) is 0 Å². The van der Waals surface area contributed by atoms with E-state index in [1.54, 1.807) is 5.38 Å². The Hall–Kier alpha value is -1.06.